The molecule has 1 amide bonds. The number of hydrogen-bond acceptors (Lipinski definition) is 1. The van der Waals surface area contributed by atoms with Gasteiger partial charge < -0.3 is 5.32 Å². The molecule has 0 unspecified atom stereocenters. The minimum Gasteiger partial charge on any atom is -0.351 e. The van der Waals surface area contributed by atoms with E-state index in [2.05, 4.69) is 18.2 Å². The summed E-state index contributed by atoms with van der Waals surface area (Å²) in [5.41, 5.74) is 0.103. The first-order valence-corrected chi connectivity index (χ1v) is 3.91. The Morgan fingerprint density at radius 3 is 2.82 bits per heavy atom. The highest BCUT2D eigenvalue weighted by molar-refractivity contribution is 5.77. The van der Waals surface area contributed by atoms with E-state index in [1.165, 1.54) is 0 Å². The average Bonchev–Trinajstić information content (AvgIpc) is 2.63. The molecule has 0 aromatic heterocycles. The van der Waals surface area contributed by atoms with Crippen LogP contribution in [0.4, 0.5) is 0 Å². The van der Waals surface area contributed by atoms with Crippen molar-refractivity contribution in [2.45, 2.75) is 38.1 Å². The minimum atomic E-state index is 0.0861. The van der Waals surface area contributed by atoms with Gasteiger partial charge in [0.15, 0.2) is 0 Å². The van der Waals surface area contributed by atoms with Crippen LogP contribution in [0.15, 0.2) is 0 Å². The van der Waals surface area contributed by atoms with Gasteiger partial charge in [0.2, 0.25) is 5.91 Å². The van der Waals surface area contributed by atoms with Gasteiger partial charge in [-0.1, -0.05) is 0 Å². The van der Waals surface area contributed by atoms with Crippen molar-refractivity contribution >= 4 is 5.91 Å². The highest BCUT2D eigenvalue weighted by atomic mass is 16.1. The summed E-state index contributed by atoms with van der Waals surface area (Å²) in [6.45, 7) is 2.06. The fraction of sp³-hybridized carbons (Fsp3) is 0.667. The Kier molecular flexibility index (Phi) is 2.19. The summed E-state index contributed by atoms with van der Waals surface area (Å²) in [5, 5.41) is 2.93. The van der Waals surface area contributed by atoms with Gasteiger partial charge in [0.25, 0.3) is 0 Å². The summed E-state index contributed by atoms with van der Waals surface area (Å²) in [4.78, 5) is 11.1. The molecule has 2 heteroatoms. The molecule has 1 N–H and O–H groups in total. The van der Waals surface area contributed by atoms with E-state index in [1.807, 2.05) is 0 Å². The molecule has 0 heterocycles. The molecular weight excluding hydrogens is 138 g/mol. The topological polar surface area (TPSA) is 29.1 Å². The molecule has 2 nitrogen and oxygen atoms in total. The van der Waals surface area contributed by atoms with Gasteiger partial charge in [0.1, 0.15) is 0 Å². The molecule has 1 saturated carbocycles. The lowest BCUT2D eigenvalue weighted by Crippen LogP contribution is -2.33. The molecule has 1 aliphatic rings. The lowest BCUT2D eigenvalue weighted by atomic mass is 10.2. The maximum Gasteiger partial charge on any atom is 0.221 e. The number of nitrogens with one attached hydrogen (secondary N) is 1. The van der Waals surface area contributed by atoms with E-state index in [9.17, 15) is 4.79 Å². The molecule has 1 rings (SSSR count). The van der Waals surface area contributed by atoms with Crippen molar-refractivity contribution in [3.8, 4) is 12.3 Å². The van der Waals surface area contributed by atoms with Gasteiger partial charge in [-0.3, -0.25) is 4.79 Å². The Labute approximate surface area is 67.4 Å². The van der Waals surface area contributed by atoms with Gasteiger partial charge in [-0.2, -0.15) is 0 Å². The first-order chi connectivity index (χ1) is 5.16. The van der Waals surface area contributed by atoms with Crippen molar-refractivity contribution in [1.29, 1.82) is 0 Å². The zero-order valence-corrected chi connectivity index (χ0v) is 6.81. The summed E-state index contributed by atoms with van der Waals surface area (Å²) in [6, 6.07) is 0. The van der Waals surface area contributed by atoms with Crippen LogP contribution in [-0.4, -0.2) is 11.4 Å². The van der Waals surface area contributed by atoms with Crippen LogP contribution < -0.4 is 5.32 Å². The van der Waals surface area contributed by atoms with Crippen molar-refractivity contribution < 1.29 is 4.79 Å². The minimum absolute atomic E-state index is 0.0861. The van der Waals surface area contributed by atoms with Crippen LogP contribution in [0, 0.1) is 12.3 Å². The summed E-state index contributed by atoms with van der Waals surface area (Å²) in [6.07, 6.45) is 8.25. The van der Waals surface area contributed by atoms with Gasteiger partial charge in [0, 0.05) is 18.4 Å². The molecule has 0 atom stereocenters. The van der Waals surface area contributed by atoms with Gasteiger partial charge in [-0.05, 0) is 19.8 Å². The molecule has 0 saturated heterocycles. The highest BCUT2D eigenvalue weighted by Crippen LogP contribution is 2.34. The Morgan fingerprint density at radius 2 is 2.36 bits per heavy atom. The van der Waals surface area contributed by atoms with Gasteiger partial charge in [0.05, 0.1) is 0 Å². The van der Waals surface area contributed by atoms with Gasteiger partial charge >= 0.3 is 0 Å². The SMILES string of the molecule is C#CCCC(=O)NC1(C)CC1. The Hall–Kier alpha value is -0.970. The second-order valence-electron chi connectivity index (χ2n) is 3.31. The van der Waals surface area contributed by atoms with Crippen molar-refractivity contribution in [2.24, 2.45) is 0 Å². The van der Waals surface area contributed by atoms with Crippen LogP contribution in [0.3, 0.4) is 0 Å². The quantitative estimate of drug-likeness (QED) is 0.600. The van der Waals surface area contributed by atoms with Crippen molar-refractivity contribution in [1.82, 2.24) is 5.32 Å². The van der Waals surface area contributed by atoms with E-state index in [0.29, 0.717) is 12.8 Å². The monoisotopic (exact) mass is 151 g/mol. The molecule has 0 aromatic rings. The summed E-state index contributed by atoms with van der Waals surface area (Å²) in [5.74, 6) is 2.53. The number of hydrogen-bond donors (Lipinski definition) is 1. The molecule has 1 aliphatic carbocycles. The lowest BCUT2D eigenvalue weighted by Gasteiger charge is -2.09. The van der Waals surface area contributed by atoms with Crippen LogP contribution in [0.1, 0.15) is 32.6 Å². The van der Waals surface area contributed by atoms with E-state index >= 15 is 0 Å². The average molecular weight is 151 g/mol. The van der Waals surface area contributed by atoms with Crippen molar-refractivity contribution in [3.63, 3.8) is 0 Å². The van der Waals surface area contributed by atoms with E-state index in [0.717, 1.165) is 12.8 Å². The van der Waals surface area contributed by atoms with Crippen molar-refractivity contribution in [3.05, 3.63) is 0 Å². The first kappa shape index (κ1) is 8.13. The molecular formula is C9H13NO. The van der Waals surface area contributed by atoms with Crippen LogP contribution in [0.2, 0.25) is 0 Å². The van der Waals surface area contributed by atoms with E-state index in [1.54, 1.807) is 0 Å². The van der Waals surface area contributed by atoms with Crippen LogP contribution in [0.25, 0.3) is 0 Å². The summed E-state index contributed by atoms with van der Waals surface area (Å²) >= 11 is 0. The lowest BCUT2D eigenvalue weighted by molar-refractivity contribution is -0.121. The number of terminal acetylenes is 1. The Morgan fingerprint density at radius 1 is 1.73 bits per heavy atom. The Bertz CT molecular complexity index is 198. The fourth-order valence-corrected chi connectivity index (χ4v) is 0.897. The van der Waals surface area contributed by atoms with E-state index in [-0.39, 0.29) is 11.4 Å². The van der Waals surface area contributed by atoms with Gasteiger partial charge in [-0.25, -0.2) is 0 Å². The van der Waals surface area contributed by atoms with E-state index in [4.69, 9.17) is 6.42 Å². The van der Waals surface area contributed by atoms with Crippen molar-refractivity contribution in [2.75, 3.05) is 0 Å². The summed E-state index contributed by atoms with van der Waals surface area (Å²) in [7, 11) is 0. The molecule has 1 fully saturated rings. The third kappa shape index (κ3) is 2.63. The molecule has 60 valence electrons. The molecule has 11 heavy (non-hydrogen) atoms. The normalized spacial score (nSPS) is 18.5. The standard InChI is InChI=1S/C9H13NO/c1-3-4-5-8(11)10-9(2)6-7-9/h1H,4-7H2,2H3,(H,10,11). The largest absolute Gasteiger partial charge is 0.351 e. The second kappa shape index (κ2) is 2.96. The second-order valence-corrected chi connectivity index (χ2v) is 3.31. The molecule has 0 spiro atoms. The van der Waals surface area contributed by atoms with Crippen LogP contribution >= 0.6 is 0 Å². The predicted octanol–water partition coefficient (Wildman–Crippen LogP) is 1.07. The summed E-state index contributed by atoms with van der Waals surface area (Å²) < 4.78 is 0. The number of rotatable bonds is 3. The van der Waals surface area contributed by atoms with Crippen LogP contribution in [-0.2, 0) is 4.79 Å². The predicted molar refractivity (Wildman–Crippen MR) is 43.8 cm³/mol. The third-order valence-corrected chi connectivity index (χ3v) is 1.94. The van der Waals surface area contributed by atoms with Gasteiger partial charge in [-0.15, -0.1) is 12.3 Å². The molecule has 0 radical (unpaired) electrons. The third-order valence-electron chi connectivity index (χ3n) is 1.94. The molecule has 0 aliphatic heterocycles. The maximum absolute atomic E-state index is 11.1. The maximum atomic E-state index is 11.1. The smallest absolute Gasteiger partial charge is 0.221 e. The number of carbonyl (C=O) groups excluding carboxylic acids is 1. The Balaban J connectivity index is 2.17. The van der Waals surface area contributed by atoms with E-state index < -0.39 is 0 Å². The molecule has 0 bridgehead atoms. The molecule has 0 aromatic carbocycles. The first-order valence-electron chi connectivity index (χ1n) is 3.91. The number of amides is 1. The zero-order valence-electron chi connectivity index (χ0n) is 6.81. The number of carbonyl (C=O) groups is 1. The zero-order chi connectivity index (χ0) is 8.32. The fourth-order valence-electron chi connectivity index (χ4n) is 0.897. The van der Waals surface area contributed by atoms with Crippen LogP contribution in [0.5, 0.6) is 0 Å². The highest BCUT2D eigenvalue weighted by Gasteiger charge is 2.38.